The average Bonchev–Trinajstić information content (AvgIpc) is 2.46. The van der Waals surface area contributed by atoms with E-state index < -0.39 is 15.8 Å². The molecule has 0 saturated carbocycles. The van der Waals surface area contributed by atoms with Gasteiger partial charge >= 0.3 is 0 Å². The molecule has 1 atom stereocenters. The van der Waals surface area contributed by atoms with Crippen LogP contribution in [0, 0.1) is 5.82 Å². The third-order valence-corrected chi connectivity index (χ3v) is 7.19. The van der Waals surface area contributed by atoms with Crippen LogP contribution >= 0.6 is 23.5 Å². The molecular weight excluding hydrogens is 335 g/mol. The molecule has 1 fully saturated rings. The molecule has 1 unspecified atom stereocenters. The van der Waals surface area contributed by atoms with Crippen molar-refractivity contribution in [1.29, 1.82) is 0 Å². The summed E-state index contributed by atoms with van der Waals surface area (Å²) in [5.41, 5.74) is 5.56. The Kier molecular flexibility index (Phi) is 5.64. The number of hydrogen-bond acceptors (Lipinski definition) is 6. The summed E-state index contributed by atoms with van der Waals surface area (Å²) in [6.45, 7) is 0.327. The van der Waals surface area contributed by atoms with E-state index in [1.165, 1.54) is 13.2 Å². The Morgan fingerprint density at radius 1 is 1.48 bits per heavy atom. The van der Waals surface area contributed by atoms with Crippen LogP contribution in [0.5, 0.6) is 5.75 Å². The molecule has 0 bridgehead atoms. The predicted molar refractivity (Wildman–Crippen MR) is 86.1 cm³/mol. The van der Waals surface area contributed by atoms with Crippen LogP contribution < -0.4 is 15.2 Å². The highest BCUT2D eigenvalue weighted by atomic mass is 32.2. The van der Waals surface area contributed by atoms with Gasteiger partial charge in [-0.3, -0.25) is 0 Å². The van der Waals surface area contributed by atoms with E-state index in [0.29, 0.717) is 6.54 Å². The summed E-state index contributed by atoms with van der Waals surface area (Å²) in [4.78, 5) is -0.188. The van der Waals surface area contributed by atoms with Crippen molar-refractivity contribution >= 4 is 39.2 Å². The maximum absolute atomic E-state index is 13.7. The third kappa shape index (κ3) is 4.18. The van der Waals surface area contributed by atoms with Crippen molar-refractivity contribution in [3.05, 3.63) is 17.9 Å². The fourth-order valence-electron chi connectivity index (χ4n) is 1.90. The van der Waals surface area contributed by atoms with E-state index in [0.717, 1.165) is 23.3 Å². The number of nitrogens with one attached hydrogen (secondary N) is 1. The normalized spacial score (nSPS) is 19.4. The lowest BCUT2D eigenvalue weighted by Gasteiger charge is -2.21. The molecule has 0 aliphatic carbocycles. The number of sulfonamides is 1. The van der Waals surface area contributed by atoms with Gasteiger partial charge in [0.1, 0.15) is 0 Å². The first-order chi connectivity index (χ1) is 9.94. The van der Waals surface area contributed by atoms with Crippen LogP contribution in [-0.2, 0) is 10.0 Å². The minimum Gasteiger partial charge on any atom is -0.492 e. The van der Waals surface area contributed by atoms with Crippen molar-refractivity contribution in [2.75, 3.05) is 36.6 Å². The predicted octanol–water partition coefficient (Wildman–Crippen LogP) is 1.54. The molecule has 1 aliphatic rings. The van der Waals surface area contributed by atoms with Crippen molar-refractivity contribution in [2.45, 2.75) is 10.1 Å². The first-order valence-corrected chi connectivity index (χ1v) is 9.94. The minimum atomic E-state index is -3.78. The summed E-state index contributed by atoms with van der Waals surface area (Å²) < 4.78 is 45.4. The van der Waals surface area contributed by atoms with Crippen LogP contribution in [0.2, 0.25) is 0 Å². The van der Waals surface area contributed by atoms with Crippen molar-refractivity contribution in [3.8, 4) is 5.75 Å². The Labute approximate surface area is 132 Å². The van der Waals surface area contributed by atoms with E-state index in [4.69, 9.17) is 10.5 Å². The van der Waals surface area contributed by atoms with Crippen LogP contribution in [-0.4, -0.2) is 44.6 Å². The number of hydrogen-bond donors (Lipinski definition) is 2. The lowest BCUT2D eigenvalue weighted by atomic mass is 10.3. The monoisotopic (exact) mass is 352 g/mol. The topological polar surface area (TPSA) is 81.4 Å². The van der Waals surface area contributed by atoms with Crippen molar-refractivity contribution in [3.63, 3.8) is 0 Å². The summed E-state index contributed by atoms with van der Waals surface area (Å²) in [6.07, 6.45) is 0. The van der Waals surface area contributed by atoms with E-state index in [9.17, 15) is 12.8 Å². The van der Waals surface area contributed by atoms with Gasteiger partial charge < -0.3 is 10.5 Å². The molecule has 1 aromatic rings. The molecule has 5 nitrogen and oxygen atoms in total. The molecule has 3 N–H and O–H groups in total. The maximum Gasteiger partial charge on any atom is 0.240 e. The molecule has 1 heterocycles. The maximum atomic E-state index is 13.7. The average molecular weight is 352 g/mol. The molecule has 2 rings (SSSR count). The second kappa shape index (κ2) is 7.08. The van der Waals surface area contributed by atoms with Crippen molar-refractivity contribution < 1.29 is 17.5 Å². The lowest BCUT2D eigenvalue weighted by molar-refractivity contribution is 0.388. The number of methoxy groups -OCH3 is 1. The number of benzene rings is 1. The zero-order valence-electron chi connectivity index (χ0n) is 11.5. The zero-order chi connectivity index (χ0) is 15.5. The quantitative estimate of drug-likeness (QED) is 0.783. The number of anilines is 1. The Hall–Kier alpha value is -0.640. The molecule has 0 spiro atoms. The van der Waals surface area contributed by atoms with E-state index in [1.54, 1.807) is 11.8 Å². The first kappa shape index (κ1) is 16.7. The SMILES string of the molecule is COc1c(N)cc(S(=O)(=O)NCC2CSCCS2)cc1F. The van der Waals surface area contributed by atoms with E-state index >= 15 is 0 Å². The summed E-state index contributed by atoms with van der Waals surface area (Å²) in [5, 5.41) is 0.235. The van der Waals surface area contributed by atoms with Crippen LogP contribution in [0.3, 0.4) is 0 Å². The van der Waals surface area contributed by atoms with Crippen molar-refractivity contribution in [1.82, 2.24) is 4.72 Å². The molecule has 0 aromatic heterocycles. The van der Waals surface area contributed by atoms with E-state index in [1.807, 2.05) is 11.8 Å². The van der Waals surface area contributed by atoms with Gasteiger partial charge in [0.15, 0.2) is 11.6 Å². The Bertz CT molecular complexity index is 581. The molecule has 1 aromatic carbocycles. The molecule has 118 valence electrons. The smallest absolute Gasteiger partial charge is 0.240 e. The summed E-state index contributed by atoms with van der Waals surface area (Å²) in [5.74, 6) is 2.08. The summed E-state index contributed by atoms with van der Waals surface area (Å²) >= 11 is 3.55. The lowest BCUT2D eigenvalue weighted by Crippen LogP contribution is -2.33. The number of ether oxygens (including phenoxy) is 1. The molecule has 0 amide bonds. The zero-order valence-corrected chi connectivity index (χ0v) is 13.9. The molecular formula is C12H17FN2O3S3. The second-order valence-corrected chi connectivity index (χ2v) is 8.77. The van der Waals surface area contributed by atoms with Gasteiger partial charge in [-0.1, -0.05) is 0 Å². The van der Waals surface area contributed by atoms with Gasteiger partial charge in [-0.05, 0) is 12.1 Å². The fraction of sp³-hybridized carbons (Fsp3) is 0.500. The molecule has 1 saturated heterocycles. The molecule has 9 heteroatoms. The van der Waals surface area contributed by atoms with Gasteiger partial charge in [0.2, 0.25) is 10.0 Å². The summed E-state index contributed by atoms with van der Waals surface area (Å²) in [6, 6.07) is 2.12. The summed E-state index contributed by atoms with van der Waals surface area (Å²) in [7, 11) is -2.50. The van der Waals surface area contributed by atoms with E-state index in [2.05, 4.69) is 4.72 Å². The largest absolute Gasteiger partial charge is 0.492 e. The van der Waals surface area contributed by atoms with Crippen LogP contribution in [0.25, 0.3) is 0 Å². The second-order valence-electron chi connectivity index (χ2n) is 4.45. The number of halogens is 1. The number of thioether (sulfide) groups is 2. The molecule has 21 heavy (non-hydrogen) atoms. The van der Waals surface area contributed by atoms with Gasteiger partial charge in [-0.25, -0.2) is 17.5 Å². The highest BCUT2D eigenvalue weighted by Gasteiger charge is 2.22. The van der Waals surface area contributed by atoms with Crippen LogP contribution in [0.1, 0.15) is 0 Å². The fourth-order valence-corrected chi connectivity index (χ4v) is 5.75. The van der Waals surface area contributed by atoms with Gasteiger partial charge in [-0.2, -0.15) is 23.5 Å². The standard InChI is InChI=1S/C12H17FN2O3S3/c1-18-12-10(13)4-9(5-11(12)14)21(16,17)15-6-8-7-19-2-3-20-8/h4-5,8,15H,2-3,6-7,14H2,1H3. The van der Waals surface area contributed by atoms with Gasteiger partial charge in [-0.15, -0.1) is 0 Å². The number of nitrogens with two attached hydrogens (primary N) is 1. The highest BCUT2D eigenvalue weighted by molar-refractivity contribution is 8.06. The van der Waals surface area contributed by atoms with Gasteiger partial charge in [0, 0.05) is 29.1 Å². The highest BCUT2D eigenvalue weighted by Crippen LogP contribution is 2.29. The van der Waals surface area contributed by atoms with Gasteiger partial charge in [0.05, 0.1) is 17.7 Å². The third-order valence-electron chi connectivity index (χ3n) is 2.95. The molecule has 0 radical (unpaired) electrons. The Balaban J connectivity index is 2.12. The van der Waals surface area contributed by atoms with E-state index in [-0.39, 0.29) is 21.6 Å². The minimum absolute atomic E-state index is 0.0412. The van der Waals surface area contributed by atoms with Crippen LogP contribution in [0.15, 0.2) is 17.0 Å². The Morgan fingerprint density at radius 2 is 2.24 bits per heavy atom. The number of nitrogen functional groups attached to an aromatic ring is 1. The number of rotatable bonds is 5. The van der Waals surface area contributed by atoms with Gasteiger partial charge in [0.25, 0.3) is 0 Å². The Morgan fingerprint density at radius 3 is 2.81 bits per heavy atom. The van der Waals surface area contributed by atoms with Crippen molar-refractivity contribution in [2.24, 2.45) is 0 Å². The van der Waals surface area contributed by atoms with Crippen LogP contribution in [0.4, 0.5) is 10.1 Å². The molecule has 1 aliphatic heterocycles. The first-order valence-electron chi connectivity index (χ1n) is 6.26.